The zero-order chi connectivity index (χ0) is 15.5. The van der Waals surface area contributed by atoms with E-state index in [1.54, 1.807) is 24.3 Å². The quantitative estimate of drug-likeness (QED) is 0.765. The average Bonchev–Trinajstić information content (AvgIpc) is 2.54. The van der Waals surface area contributed by atoms with Crippen LogP contribution in [0.4, 0.5) is 0 Å². The molecule has 0 saturated carbocycles. The number of phenols is 1. The van der Waals surface area contributed by atoms with Crippen LogP contribution < -0.4 is 0 Å². The summed E-state index contributed by atoms with van der Waals surface area (Å²) in [5, 5.41) is 21.0. The van der Waals surface area contributed by atoms with Crippen molar-refractivity contribution >= 4 is 16.7 Å². The molecule has 0 aromatic heterocycles. The van der Waals surface area contributed by atoms with Crippen molar-refractivity contribution in [1.82, 2.24) is 0 Å². The predicted molar refractivity (Wildman–Crippen MR) is 86.1 cm³/mol. The molecule has 3 aromatic rings. The topological polar surface area (TPSA) is 57.5 Å². The van der Waals surface area contributed by atoms with Crippen molar-refractivity contribution < 1.29 is 15.0 Å². The van der Waals surface area contributed by atoms with Gasteiger partial charge in [0.15, 0.2) is 0 Å². The Kier molecular flexibility index (Phi) is 3.79. The Morgan fingerprint density at radius 1 is 0.909 bits per heavy atom. The van der Waals surface area contributed by atoms with E-state index < -0.39 is 11.9 Å². The molecule has 1 atom stereocenters. The molecule has 22 heavy (non-hydrogen) atoms. The third-order valence-corrected chi connectivity index (χ3v) is 3.87. The second kappa shape index (κ2) is 5.90. The smallest absolute Gasteiger partial charge is 0.311 e. The fourth-order valence-corrected chi connectivity index (χ4v) is 2.75. The van der Waals surface area contributed by atoms with Crippen molar-refractivity contribution in [2.75, 3.05) is 0 Å². The summed E-state index contributed by atoms with van der Waals surface area (Å²) in [5.41, 5.74) is 1.71. The van der Waals surface area contributed by atoms with Gasteiger partial charge in [0.05, 0.1) is 5.92 Å². The van der Waals surface area contributed by atoms with Gasteiger partial charge in [-0.2, -0.15) is 0 Å². The number of hydrogen-bond acceptors (Lipinski definition) is 2. The standard InChI is InChI=1S/C19H16O3/c20-15-10-8-13(9-11-15)12-18(19(21)22)17-7-3-5-14-4-1-2-6-16(14)17/h1-11,18,20H,12H2,(H,21,22)/t18-/m0/s1. The fourth-order valence-electron chi connectivity index (χ4n) is 2.75. The van der Waals surface area contributed by atoms with Crippen LogP contribution in [-0.4, -0.2) is 16.2 Å². The first-order valence-electron chi connectivity index (χ1n) is 7.13. The molecule has 3 heteroatoms. The van der Waals surface area contributed by atoms with Gasteiger partial charge in [0.2, 0.25) is 0 Å². The van der Waals surface area contributed by atoms with Crippen LogP contribution in [0.5, 0.6) is 5.75 Å². The number of hydrogen-bond donors (Lipinski definition) is 2. The van der Waals surface area contributed by atoms with E-state index in [-0.39, 0.29) is 5.75 Å². The highest BCUT2D eigenvalue weighted by molar-refractivity contribution is 5.90. The second-order valence-electron chi connectivity index (χ2n) is 5.33. The highest BCUT2D eigenvalue weighted by Gasteiger charge is 2.22. The molecule has 0 aliphatic heterocycles. The molecule has 3 aromatic carbocycles. The summed E-state index contributed by atoms with van der Waals surface area (Å²) in [6.07, 6.45) is 0.392. The number of carboxylic acids is 1. The molecule has 0 aliphatic rings. The number of benzene rings is 3. The molecule has 2 N–H and O–H groups in total. The average molecular weight is 292 g/mol. The molecule has 3 rings (SSSR count). The first kappa shape index (κ1) is 14.1. The Hall–Kier alpha value is -2.81. The van der Waals surface area contributed by atoms with Crippen LogP contribution in [0.1, 0.15) is 17.0 Å². The molecule has 110 valence electrons. The van der Waals surface area contributed by atoms with Gasteiger partial charge in [0.1, 0.15) is 5.75 Å². The minimum atomic E-state index is -0.843. The first-order chi connectivity index (χ1) is 10.6. The van der Waals surface area contributed by atoms with E-state index in [2.05, 4.69) is 0 Å². The lowest BCUT2D eigenvalue weighted by Crippen LogP contribution is -2.14. The van der Waals surface area contributed by atoms with Crippen molar-refractivity contribution in [1.29, 1.82) is 0 Å². The summed E-state index contributed by atoms with van der Waals surface area (Å²) in [6.45, 7) is 0. The molecule has 0 spiro atoms. The van der Waals surface area contributed by atoms with E-state index in [0.29, 0.717) is 6.42 Å². The highest BCUT2D eigenvalue weighted by atomic mass is 16.4. The SMILES string of the molecule is O=C(O)[C@@H](Cc1ccc(O)cc1)c1cccc2ccccc12. The zero-order valence-electron chi connectivity index (χ0n) is 11.9. The number of phenolic OH excluding ortho intramolecular Hbond substituents is 1. The number of rotatable bonds is 4. The van der Waals surface area contributed by atoms with Crippen LogP contribution in [-0.2, 0) is 11.2 Å². The van der Waals surface area contributed by atoms with Gasteiger partial charge in [0.25, 0.3) is 0 Å². The molecular weight excluding hydrogens is 276 g/mol. The van der Waals surface area contributed by atoms with Gasteiger partial charge in [-0.1, -0.05) is 54.6 Å². The van der Waals surface area contributed by atoms with Crippen LogP contribution in [0.15, 0.2) is 66.7 Å². The number of fused-ring (bicyclic) bond motifs is 1. The Balaban J connectivity index is 2.03. The highest BCUT2D eigenvalue weighted by Crippen LogP contribution is 2.29. The Morgan fingerprint density at radius 3 is 2.32 bits per heavy atom. The van der Waals surface area contributed by atoms with E-state index >= 15 is 0 Å². The van der Waals surface area contributed by atoms with Crippen molar-refractivity contribution in [3.05, 3.63) is 77.9 Å². The first-order valence-corrected chi connectivity index (χ1v) is 7.13. The van der Waals surface area contributed by atoms with Gasteiger partial charge in [-0.25, -0.2) is 0 Å². The van der Waals surface area contributed by atoms with Gasteiger partial charge in [-0.15, -0.1) is 0 Å². The molecule has 0 heterocycles. The van der Waals surface area contributed by atoms with Crippen molar-refractivity contribution in [2.45, 2.75) is 12.3 Å². The maximum atomic E-state index is 11.8. The van der Waals surface area contributed by atoms with Gasteiger partial charge in [-0.3, -0.25) is 4.79 Å². The molecule has 0 fully saturated rings. The van der Waals surface area contributed by atoms with Crippen LogP contribution in [0.25, 0.3) is 10.8 Å². The van der Waals surface area contributed by atoms with E-state index in [9.17, 15) is 15.0 Å². The molecule has 0 bridgehead atoms. The summed E-state index contributed by atoms with van der Waals surface area (Å²) >= 11 is 0. The zero-order valence-corrected chi connectivity index (χ0v) is 11.9. The normalized spacial score (nSPS) is 12.2. The van der Waals surface area contributed by atoms with Crippen molar-refractivity contribution in [3.8, 4) is 5.75 Å². The van der Waals surface area contributed by atoms with E-state index in [4.69, 9.17) is 0 Å². The Bertz CT molecular complexity index is 801. The van der Waals surface area contributed by atoms with Crippen molar-refractivity contribution in [2.24, 2.45) is 0 Å². The van der Waals surface area contributed by atoms with E-state index in [1.165, 1.54) is 0 Å². The number of aliphatic carboxylic acids is 1. The number of aromatic hydroxyl groups is 1. The second-order valence-corrected chi connectivity index (χ2v) is 5.33. The van der Waals surface area contributed by atoms with Gasteiger partial charge < -0.3 is 10.2 Å². The van der Waals surface area contributed by atoms with Crippen LogP contribution in [0, 0.1) is 0 Å². The maximum Gasteiger partial charge on any atom is 0.311 e. The fraction of sp³-hybridized carbons (Fsp3) is 0.105. The summed E-state index contributed by atoms with van der Waals surface area (Å²) < 4.78 is 0. The minimum absolute atomic E-state index is 0.181. The Labute approximate surface area is 128 Å². The van der Waals surface area contributed by atoms with Crippen LogP contribution in [0.3, 0.4) is 0 Å². The number of carboxylic acid groups (broad SMARTS) is 1. The van der Waals surface area contributed by atoms with Crippen LogP contribution in [0.2, 0.25) is 0 Å². The third-order valence-electron chi connectivity index (χ3n) is 3.87. The monoisotopic (exact) mass is 292 g/mol. The lowest BCUT2D eigenvalue weighted by molar-refractivity contribution is -0.138. The molecule has 0 radical (unpaired) electrons. The predicted octanol–water partition coefficient (Wildman–Crippen LogP) is 3.96. The molecular formula is C19H16O3. The largest absolute Gasteiger partial charge is 0.508 e. The summed E-state index contributed by atoms with van der Waals surface area (Å²) in [6, 6.07) is 20.2. The molecule has 0 unspecified atom stereocenters. The van der Waals surface area contributed by atoms with Crippen LogP contribution >= 0.6 is 0 Å². The molecule has 3 nitrogen and oxygen atoms in total. The molecule has 0 saturated heterocycles. The van der Waals surface area contributed by atoms with E-state index in [0.717, 1.165) is 21.9 Å². The van der Waals surface area contributed by atoms with Gasteiger partial charge >= 0.3 is 5.97 Å². The minimum Gasteiger partial charge on any atom is -0.508 e. The molecule has 0 aliphatic carbocycles. The van der Waals surface area contributed by atoms with Gasteiger partial charge in [-0.05, 0) is 40.5 Å². The summed E-state index contributed by atoms with van der Waals surface area (Å²) in [5.74, 6) is -1.28. The maximum absolute atomic E-state index is 11.8. The Morgan fingerprint density at radius 2 is 1.59 bits per heavy atom. The van der Waals surface area contributed by atoms with E-state index in [1.807, 2.05) is 42.5 Å². The summed E-state index contributed by atoms with van der Waals surface area (Å²) in [7, 11) is 0. The molecule has 0 amide bonds. The lowest BCUT2D eigenvalue weighted by Gasteiger charge is -2.15. The summed E-state index contributed by atoms with van der Waals surface area (Å²) in [4.78, 5) is 11.8. The number of carbonyl (C=O) groups is 1. The van der Waals surface area contributed by atoms with Gasteiger partial charge in [0, 0.05) is 0 Å². The lowest BCUT2D eigenvalue weighted by atomic mass is 9.88. The van der Waals surface area contributed by atoms with Crippen molar-refractivity contribution in [3.63, 3.8) is 0 Å². The third kappa shape index (κ3) is 2.79.